The summed E-state index contributed by atoms with van der Waals surface area (Å²) < 4.78 is 72.4. The van der Waals surface area contributed by atoms with Crippen LogP contribution in [0.15, 0.2) is 140 Å². The molecule has 0 atom stereocenters. The molecule has 0 N–H and O–H groups in total. The standard InChI is InChI=1S/C40H23F5N4/c41-29-19-27(20-30(42)23-29)26-15-17-32(39-47-37(24-9-3-1-4-10-24)46-38(48-39)25-11-5-2-6-12-25)36(21-26)49-34-14-8-7-13-31(34)33-22-28(40(43,44)45)16-18-35(33)49/h1-23H. The van der Waals surface area contributed by atoms with Gasteiger partial charge < -0.3 is 4.57 Å². The van der Waals surface area contributed by atoms with Gasteiger partial charge in [-0.05, 0) is 59.7 Å². The van der Waals surface area contributed by atoms with E-state index in [1.807, 2.05) is 71.3 Å². The molecule has 0 saturated carbocycles. The molecule has 0 aliphatic heterocycles. The van der Waals surface area contributed by atoms with Crippen LogP contribution in [-0.4, -0.2) is 19.5 Å². The minimum atomic E-state index is -4.55. The Balaban J connectivity index is 1.46. The number of benzene rings is 6. The summed E-state index contributed by atoms with van der Waals surface area (Å²) in [7, 11) is 0. The Bertz CT molecular complexity index is 2430. The maximum absolute atomic E-state index is 14.4. The topological polar surface area (TPSA) is 43.6 Å². The van der Waals surface area contributed by atoms with Gasteiger partial charge in [-0.15, -0.1) is 0 Å². The molecule has 49 heavy (non-hydrogen) atoms. The lowest BCUT2D eigenvalue weighted by atomic mass is 10.0. The maximum Gasteiger partial charge on any atom is 0.416 e. The SMILES string of the molecule is Fc1cc(F)cc(-c2ccc(-c3nc(-c4ccccc4)nc(-c4ccccc4)n3)c(-n3c4ccccc4c4cc(C(F)(F)F)ccc43)c2)c1. The van der Waals surface area contributed by atoms with Crippen molar-refractivity contribution in [2.24, 2.45) is 0 Å². The number of para-hydroxylation sites is 1. The highest BCUT2D eigenvalue weighted by molar-refractivity contribution is 6.10. The van der Waals surface area contributed by atoms with Crippen LogP contribution in [0, 0.1) is 11.6 Å². The molecule has 8 rings (SSSR count). The summed E-state index contributed by atoms with van der Waals surface area (Å²) in [6.07, 6.45) is -4.55. The molecular weight excluding hydrogens is 631 g/mol. The van der Waals surface area contributed by atoms with E-state index in [9.17, 15) is 22.0 Å². The molecule has 9 heteroatoms. The van der Waals surface area contributed by atoms with Gasteiger partial charge >= 0.3 is 6.18 Å². The second kappa shape index (κ2) is 11.8. The number of alkyl halides is 3. The van der Waals surface area contributed by atoms with Crippen molar-refractivity contribution in [3.63, 3.8) is 0 Å². The number of nitrogens with zero attached hydrogens (tertiary/aromatic N) is 4. The number of fused-ring (bicyclic) bond motifs is 3. The number of hydrogen-bond acceptors (Lipinski definition) is 3. The van der Waals surface area contributed by atoms with Crippen LogP contribution in [0.5, 0.6) is 0 Å². The normalized spacial score (nSPS) is 11.8. The van der Waals surface area contributed by atoms with E-state index in [0.717, 1.165) is 29.3 Å². The van der Waals surface area contributed by atoms with Crippen LogP contribution in [0.4, 0.5) is 22.0 Å². The number of halogens is 5. The third-order valence-electron chi connectivity index (χ3n) is 8.37. The molecule has 0 aliphatic rings. The van der Waals surface area contributed by atoms with Crippen molar-refractivity contribution < 1.29 is 22.0 Å². The van der Waals surface area contributed by atoms with Crippen molar-refractivity contribution in [1.29, 1.82) is 0 Å². The van der Waals surface area contributed by atoms with Crippen molar-refractivity contribution in [3.05, 3.63) is 157 Å². The summed E-state index contributed by atoms with van der Waals surface area (Å²) in [5.74, 6) is -0.339. The first-order valence-corrected chi connectivity index (χ1v) is 15.3. The molecule has 0 fully saturated rings. The quantitative estimate of drug-likeness (QED) is 0.174. The molecule has 0 unspecified atom stereocenters. The Kier molecular flexibility index (Phi) is 7.25. The van der Waals surface area contributed by atoms with Crippen LogP contribution in [0.25, 0.3) is 72.8 Å². The van der Waals surface area contributed by atoms with E-state index < -0.39 is 23.4 Å². The van der Waals surface area contributed by atoms with E-state index in [2.05, 4.69) is 0 Å². The van der Waals surface area contributed by atoms with Crippen LogP contribution >= 0.6 is 0 Å². The molecule has 0 bridgehead atoms. The maximum atomic E-state index is 14.4. The highest BCUT2D eigenvalue weighted by atomic mass is 19.4. The molecule has 2 heterocycles. The predicted molar refractivity (Wildman–Crippen MR) is 181 cm³/mol. The van der Waals surface area contributed by atoms with Crippen molar-refractivity contribution in [2.75, 3.05) is 0 Å². The first kappa shape index (κ1) is 30.1. The zero-order valence-electron chi connectivity index (χ0n) is 25.5. The Morgan fingerprint density at radius 2 is 1.02 bits per heavy atom. The van der Waals surface area contributed by atoms with Crippen LogP contribution in [-0.2, 0) is 6.18 Å². The largest absolute Gasteiger partial charge is 0.416 e. The summed E-state index contributed by atoms with van der Waals surface area (Å²) in [6.45, 7) is 0. The Labute approximate surface area is 276 Å². The third kappa shape index (κ3) is 5.59. The lowest BCUT2D eigenvalue weighted by molar-refractivity contribution is -0.137. The molecule has 0 radical (unpaired) electrons. The zero-order chi connectivity index (χ0) is 33.7. The Morgan fingerprint density at radius 1 is 0.449 bits per heavy atom. The van der Waals surface area contributed by atoms with Gasteiger partial charge in [0.1, 0.15) is 11.6 Å². The second-order valence-electron chi connectivity index (χ2n) is 11.5. The van der Waals surface area contributed by atoms with Crippen molar-refractivity contribution in [2.45, 2.75) is 6.18 Å². The minimum absolute atomic E-state index is 0.288. The van der Waals surface area contributed by atoms with Gasteiger partial charge in [0.2, 0.25) is 0 Å². The fraction of sp³-hybridized carbons (Fsp3) is 0.0250. The van der Waals surface area contributed by atoms with E-state index in [0.29, 0.717) is 56.1 Å². The predicted octanol–water partition coefficient (Wildman–Crippen LogP) is 10.9. The van der Waals surface area contributed by atoms with Gasteiger partial charge in [0.25, 0.3) is 0 Å². The molecule has 2 aromatic heterocycles. The lowest BCUT2D eigenvalue weighted by Crippen LogP contribution is -2.05. The van der Waals surface area contributed by atoms with E-state index >= 15 is 0 Å². The highest BCUT2D eigenvalue weighted by Gasteiger charge is 2.31. The monoisotopic (exact) mass is 654 g/mol. The third-order valence-corrected chi connectivity index (χ3v) is 8.37. The Hall–Kier alpha value is -6.22. The number of rotatable bonds is 5. The van der Waals surface area contributed by atoms with Gasteiger partial charge in [-0.2, -0.15) is 13.2 Å². The molecule has 6 aromatic carbocycles. The average Bonchev–Trinajstić information content (AvgIpc) is 3.45. The van der Waals surface area contributed by atoms with Crippen molar-refractivity contribution in [1.82, 2.24) is 19.5 Å². The summed E-state index contributed by atoms with van der Waals surface area (Å²) in [5.41, 5.74) is 3.66. The van der Waals surface area contributed by atoms with Crippen LogP contribution < -0.4 is 0 Å². The smallest absolute Gasteiger partial charge is 0.308 e. The first-order valence-electron chi connectivity index (χ1n) is 15.3. The first-order chi connectivity index (χ1) is 23.7. The lowest BCUT2D eigenvalue weighted by Gasteiger charge is -2.17. The van der Waals surface area contributed by atoms with Crippen molar-refractivity contribution in [3.8, 4) is 51.0 Å². The molecule has 0 aliphatic carbocycles. The van der Waals surface area contributed by atoms with E-state index in [-0.39, 0.29) is 5.56 Å². The number of hydrogen-bond donors (Lipinski definition) is 0. The molecule has 0 amide bonds. The number of aromatic nitrogens is 4. The van der Waals surface area contributed by atoms with Gasteiger partial charge in [0.15, 0.2) is 17.5 Å². The van der Waals surface area contributed by atoms with Crippen LogP contribution in [0.1, 0.15) is 5.56 Å². The van der Waals surface area contributed by atoms with Gasteiger partial charge in [0, 0.05) is 33.5 Å². The molecule has 0 spiro atoms. The molecule has 0 saturated heterocycles. The van der Waals surface area contributed by atoms with Gasteiger partial charge in [-0.1, -0.05) is 84.9 Å². The van der Waals surface area contributed by atoms with Crippen LogP contribution in [0.3, 0.4) is 0 Å². The molecular formula is C40H23F5N4. The molecule has 8 aromatic rings. The van der Waals surface area contributed by atoms with E-state index in [1.54, 1.807) is 36.4 Å². The average molecular weight is 655 g/mol. The molecule has 4 nitrogen and oxygen atoms in total. The summed E-state index contributed by atoms with van der Waals surface area (Å²) in [4.78, 5) is 14.6. The van der Waals surface area contributed by atoms with Crippen LogP contribution in [0.2, 0.25) is 0 Å². The summed E-state index contributed by atoms with van der Waals surface area (Å²) >= 11 is 0. The summed E-state index contributed by atoms with van der Waals surface area (Å²) in [5, 5.41) is 0.992. The fourth-order valence-corrected chi connectivity index (χ4v) is 6.14. The highest BCUT2D eigenvalue weighted by Crippen LogP contribution is 2.40. The molecule has 238 valence electrons. The fourth-order valence-electron chi connectivity index (χ4n) is 6.14. The van der Waals surface area contributed by atoms with E-state index in [1.165, 1.54) is 18.2 Å². The second-order valence-corrected chi connectivity index (χ2v) is 11.5. The van der Waals surface area contributed by atoms with Gasteiger partial charge in [0.05, 0.1) is 22.3 Å². The van der Waals surface area contributed by atoms with E-state index in [4.69, 9.17) is 15.0 Å². The van der Waals surface area contributed by atoms with Crippen molar-refractivity contribution >= 4 is 21.8 Å². The zero-order valence-corrected chi connectivity index (χ0v) is 25.5. The minimum Gasteiger partial charge on any atom is -0.308 e. The summed E-state index contributed by atoms with van der Waals surface area (Å²) in [6, 6.07) is 38.1. The Morgan fingerprint density at radius 3 is 1.65 bits per heavy atom. The van der Waals surface area contributed by atoms with Gasteiger partial charge in [-0.3, -0.25) is 0 Å². The van der Waals surface area contributed by atoms with Gasteiger partial charge in [-0.25, -0.2) is 23.7 Å².